The third-order valence-electron chi connectivity index (χ3n) is 0. The second-order valence-electron chi connectivity index (χ2n) is 0.236. The van der Waals surface area contributed by atoms with Gasteiger partial charge in [-0.05, 0) is 6.92 Å². The average Bonchev–Trinajstić information content (AvgIpc) is 0.918. The van der Waals surface area contributed by atoms with Crippen LogP contribution in [0.4, 0.5) is 0 Å². The van der Waals surface area contributed by atoms with E-state index >= 15 is 0 Å². The zero-order valence-electron chi connectivity index (χ0n) is 2.43. The van der Waals surface area contributed by atoms with Crippen LogP contribution in [-0.4, -0.2) is 51.8 Å². The van der Waals surface area contributed by atoms with Crippen molar-refractivity contribution in [1.29, 1.82) is 0 Å². The van der Waals surface area contributed by atoms with Crippen molar-refractivity contribution in [3.63, 3.8) is 0 Å². The van der Waals surface area contributed by atoms with Gasteiger partial charge < -0.3 is 4.79 Å². The predicted octanol–water partition coefficient (Wildman–Crippen LogP) is -0.713. The monoisotopic (exact) mass is 315 g/mol. The summed E-state index contributed by atoms with van der Waals surface area (Å²) in [6.45, 7) is 1.44. The van der Waals surface area contributed by atoms with Crippen LogP contribution in [0.2, 0.25) is 0 Å². The fraction of sp³-hybridized carbons (Fsp3) is 0.500. The number of hydrogen-bond donors (Lipinski definition) is 0. The Kier molecular flexibility index (Phi) is 53.3. The minimum absolute atomic E-state index is 0. The van der Waals surface area contributed by atoms with Crippen molar-refractivity contribution >= 4 is 51.8 Å². The Bertz CT molecular complexity index is 17.1. The van der Waals surface area contributed by atoms with Gasteiger partial charge in [-0.3, -0.25) is 0 Å². The predicted molar refractivity (Wildman–Crippen MR) is 20.3 cm³/mol. The minimum atomic E-state index is 0. The smallest absolute Gasteiger partial charge is 0 e. The molecule has 0 bridgehead atoms. The summed E-state index contributed by atoms with van der Waals surface area (Å²) in [6.07, 6.45) is 0.750. The SMILES string of the molecule is CC=O.[SrH2].[Ta]. The van der Waals surface area contributed by atoms with Gasteiger partial charge in [-0.15, -0.1) is 0 Å². The molecule has 0 amide bonds. The van der Waals surface area contributed by atoms with Crippen molar-refractivity contribution in [2.75, 3.05) is 0 Å². The van der Waals surface area contributed by atoms with Crippen molar-refractivity contribution in [1.82, 2.24) is 0 Å². The molecule has 0 saturated carbocycles. The van der Waals surface area contributed by atoms with Gasteiger partial charge in [0, 0.05) is 22.4 Å². The Hall–Kier alpha value is 1.89. The van der Waals surface area contributed by atoms with Crippen LogP contribution in [0, 0.1) is 0 Å². The van der Waals surface area contributed by atoms with Crippen LogP contribution in [-0.2, 0) is 27.2 Å². The summed E-state index contributed by atoms with van der Waals surface area (Å²) in [5.74, 6) is 0. The van der Waals surface area contributed by atoms with E-state index in [1.165, 1.54) is 6.92 Å². The molecule has 1 radical (unpaired) electrons. The molecule has 27 valence electrons. The first-order valence-electron chi connectivity index (χ1n) is 0.813. The molecule has 0 aromatic heterocycles. The van der Waals surface area contributed by atoms with Crippen molar-refractivity contribution in [3.8, 4) is 0 Å². The van der Waals surface area contributed by atoms with Crippen LogP contribution in [0.3, 0.4) is 0 Å². The number of carbonyl (C=O) groups excluding carboxylic acids is 1. The van der Waals surface area contributed by atoms with Crippen LogP contribution >= 0.6 is 0 Å². The summed E-state index contributed by atoms with van der Waals surface area (Å²) in [5, 5.41) is 0. The van der Waals surface area contributed by atoms with E-state index in [4.69, 9.17) is 4.79 Å². The third kappa shape index (κ3) is 24.9. The molecule has 0 aromatic rings. The van der Waals surface area contributed by atoms with E-state index in [0.717, 1.165) is 6.29 Å². The fourth-order valence-electron chi connectivity index (χ4n) is 0. The standard InChI is InChI=1S/C2H4O.Sr.Ta.2H/c1-2-3;;;;/h2H,1H3;;;;. The van der Waals surface area contributed by atoms with Crippen molar-refractivity contribution in [3.05, 3.63) is 0 Å². The molecule has 0 N–H and O–H groups in total. The molecule has 0 spiro atoms. The molecule has 0 aromatic carbocycles. The summed E-state index contributed by atoms with van der Waals surface area (Å²) in [4.78, 5) is 8.81. The number of hydrogen-bond acceptors (Lipinski definition) is 1. The molecule has 5 heavy (non-hydrogen) atoms. The Balaban J connectivity index is -0.0000000200. The number of aldehydes is 1. The van der Waals surface area contributed by atoms with Gasteiger partial charge in [0.2, 0.25) is 0 Å². The summed E-state index contributed by atoms with van der Waals surface area (Å²) >= 11 is 0. The van der Waals surface area contributed by atoms with Gasteiger partial charge in [-0.2, -0.15) is 0 Å². The number of carbonyl (C=O) groups is 1. The van der Waals surface area contributed by atoms with Crippen molar-refractivity contribution in [2.45, 2.75) is 6.92 Å². The van der Waals surface area contributed by atoms with Gasteiger partial charge in [-0.25, -0.2) is 0 Å². The summed E-state index contributed by atoms with van der Waals surface area (Å²) < 4.78 is 0. The van der Waals surface area contributed by atoms with Gasteiger partial charge in [0.15, 0.2) is 0 Å². The first-order valence-corrected chi connectivity index (χ1v) is 0.813. The van der Waals surface area contributed by atoms with Crippen LogP contribution < -0.4 is 0 Å². The maximum atomic E-state index is 8.81. The molecule has 0 rings (SSSR count). The van der Waals surface area contributed by atoms with Crippen LogP contribution in [0.15, 0.2) is 0 Å². The quantitative estimate of drug-likeness (QED) is 0.426. The average molecular weight is 315 g/mol. The van der Waals surface area contributed by atoms with Gasteiger partial charge >= 0.3 is 45.5 Å². The van der Waals surface area contributed by atoms with E-state index in [9.17, 15) is 0 Å². The molecular weight excluding hydrogens is 309 g/mol. The fourth-order valence-corrected chi connectivity index (χ4v) is 0. The number of rotatable bonds is 0. The molecule has 0 atom stereocenters. The van der Waals surface area contributed by atoms with E-state index in [-0.39, 0.29) is 67.9 Å². The second kappa shape index (κ2) is 16.9. The van der Waals surface area contributed by atoms with Crippen LogP contribution in [0.5, 0.6) is 0 Å². The van der Waals surface area contributed by atoms with E-state index in [0.29, 0.717) is 0 Å². The van der Waals surface area contributed by atoms with Crippen molar-refractivity contribution < 1.29 is 27.2 Å². The van der Waals surface area contributed by atoms with E-state index < -0.39 is 0 Å². The zero-order chi connectivity index (χ0) is 2.71. The first-order chi connectivity index (χ1) is 1.41. The molecule has 1 nitrogen and oxygen atoms in total. The molecule has 0 aliphatic carbocycles. The summed E-state index contributed by atoms with van der Waals surface area (Å²) in [6, 6.07) is 0. The molecule has 0 aliphatic heterocycles. The van der Waals surface area contributed by atoms with Gasteiger partial charge in [0.25, 0.3) is 0 Å². The first kappa shape index (κ1) is 15.8. The second-order valence-corrected chi connectivity index (χ2v) is 0.236. The van der Waals surface area contributed by atoms with Crippen LogP contribution in [0.25, 0.3) is 0 Å². The molecule has 0 saturated heterocycles. The van der Waals surface area contributed by atoms with E-state index in [2.05, 4.69) is 0 Å². The Labute approximate surface area is 84.3 Å². The largest absolute Gasteiger partial charge is 0 e. The van der Waals surface area contributed by atoms with Gasteiger partial charge in [-0.1, -0.05) is 0 Å². The molecule has 0 fully saturated rings. The molecular formula is C2H6OSrTa. The summed E-state index contributed by atoms with van der Waals surface area (Å²) in [7, 11) is 0. The minimum Gasteiger partial charge on any atom is 0 e. The van der Waals surface area contributed by atoms with Gasteiger partial charge in [0.1, 0.15) is 6.29 Å². The Morgan fingerprint density at radius 1 is 1.60 bits per heavy atom. The Morgan fingerprint density at radius 2 is 1.60 bits per heavy atom. The Morgan fingerprint density at radius 3 is 1.60 bits per heavy atom. The van der Waals surface area contributed by atoms with Crippen molar-refractivity contribution in [2.24, 2.45) is 0 Å². The van der Waals surface area contributed by atoms with Gasteiger partial charge in [0.05, 0.1) is 0 Å². The molecule has 0 unspecified atom stereocenters. The zero-order valence-corrected chi connectivity index (χ0v) is 5.65. The van der Waals surface area contributed by atoms with Crippen LogP contribution in [0.1, 0.15) is 6.92 Å². The summed E-state index contributed by atoms with van der Waals surface area (Å²) in [5.41, 5.74) is 0. The topological polar surface area (TPSA) is 17.1 Å². The molecule has 0 aliphatic rings. The maximum absolute atomic E-state index is 8.81. The third-order valence-corrected chi connectivity index (χ3v) is 0. The van der Waals surface area contributed by atoms with E-state index in [1.807, 2.05) is 0 Å². The normalized spacial score (nSPS) is 2.60. The maximum Gasteiger partial charge on any atom is 0 e. The van der Waals surface area contributed by atoms with E-state index in [1.54, 1.807) is 0 Å². The molecule has 3 heteroatoms. The molecule has 0 heterocycles.